The van der Waals surface area contributed by atoms with Gasteiger partial charge in [-0.25, -0.2) is 0 Å². The highest BCUT2D eigenvalue weighted by atomic mass is 16.6. The van der Waals surface area contributed by atoms with Crippen LogP contribution < -0.4 is 0 Å². The molecule has 3 nitrogen and oxygen atoms in total. The van der Waals surface area contributed by atoms with E-state index in [0.29, 0.717) is 18.6 Å². The lowest BCUT2D eigenvalue weighted by atomic mass is 10.1. The molecule has 18 heavy (non-hydrogen) atoms. The first-order valence-electron chi connectivity index (χ1n) is 7.50. The molecule has 1 rings (SSSR count). The Balaban J connectivity index is 1.83. The van der Waals surface area contributed by atoms with Gasteiger partial charge in [0.15, 0.2) is 0 Å². The van der Waals surface area contributed by atoms with Gasteiger partial charge < -0.3 is 9.47 Å². The largest absolute Gasteiger partial charge is 0.469 e. The van der Waals surface area contributed by atoms with Crippen LogP contribution in [0.25, 0.3) is 0 Å². The molecule has 1 saturated heterocycles. The van der Waals surface area contributed by atoms with Crippen molar-refractivity contribution in [2.75, 3.05) is 7.11 Å². The summed E-state index contributed by atoms with van der Waals surface area (Å²) in [5.41, 5.74) is 0. The van der Waals surface area contributed by atoms with Gasteiger partial charge >= 0.3 is 5.97 Å². The summed E-state index contributed by atoms with van der Waals surface area (Å²) in [6.07, 6.45) is 12.6. The minimum Gasteiger partial charge on any atom is -0.469 e. The zero-order chi connectivity index (χ0) is 13.2. The maximum atomic E-state index is 10.9. The van der Waals surface area contributed by atoms with E-state index in [1.165, 1.54) is 52.1 Å². The summed E-state index contributed by atoms with van der Waals surface area (Å²) in [5, 5.41) is 0. The Labute approximate surface area is 111 Å². The van der Waals surface area contributed by atoms with Crippen LogP contribution >= 0.6 is 0 Å². The van der Waals surface area contributed by atoms with E-state index in [0.717, 1.165) is 12.8 Å². The van der Waals surface area contributed by atoms with Crippen LogP contribution in [-0.2, 0) is 14.3 Å². The van der Waals surface area contributed by atoms with Crippen molar-refractivity contribution in [1.82, 2.24) is 0 Å². The van der Waals surface area contributed by atoms with Crippen LogP contribution in [0.5, 0.6) is 0 Å². The predicted octanol–water partition coefficient (Wildman–Crippen LogP) is 3.85. The smallest absolute Gasteiger partial charge is 0.305 e. The highest BCUT2D eigenvalue weighted by Crippen LogP contribution is 2.31. The van der Waals surface area contributed by atoms with Crippen LogP contribution in [-0.4, -0.2) is 25.3 Å². The van der Waals surface area contributed by atoms with Crippen LogP contribution in [0.2, 0.25) is 0 Å². The molecule has 0 N–H and O–H groups in total. The number of esters is 1. The molecular formula is C15H28O3. The number of carbonyl (C=O) groups is 1. The van der Waals surface area contributed by atoms with Crippen molar-refractivity contribution in [1.29, 1.82) is 0 Å². The fourth-order valence-electron chi connectivity index (χ4n) is 2.35. The molecular weight excluding hydrogens is 228 g/mol. The van der Waals surface area contributed by atoms with E-state index in [2.05, 4.69) is 11.7 Å². The topological polar surface area (TPSA) is 38.8 Å². The SMILES string of the molecule is CCCCCCC1OC1CCCCCC(=O)OC. The molecule has 1 fully saturated rings. The fraction of sp³-hybridized carbons (Fsp3) is 0.933. The molecule has 0 aromatic heterocycles. The van der Waals surface area contributed by atoms with Gasteiger partial charge in [0.25, 0.3) is 0 Å². The van der Waals surface area contributed by atoms with Gasteiger partial charge in [0.05, 0.1) is 19.3 Å². The zero-order valence-corrected chi connectivity index (χ0v) is 12.0. The van der Waals surface area contributed by atoms with Gasteiger partial charge in [-0.1, -0.05) is 45.4 Å². The molecule has 1 heterocycles. The molecule has 0 bridgehead atoms. The van der Waals surface area contributed by atoms with E-state index in [1.807, 2.05) is 0 Å². The molecule has 0 spiro atoms. The second kappa shape index (κ2) is 9.37. The number of unbranched alkanes of at least 4 members (excludes halogenated alkanes) is 5. The van der Waals surface area contributed by atoms with Crippen molar-refractivity contribution < 1.29 is 14.3 Å². The van der Waals surface area contributed by atoms with Crippen molar-refractivity contribution >= 4 is 5.97 Å². The number of hydrogen-bond acceptors (Lipinski definition) is 3. The molecule has 0 amide bonds. The summed E-state index contributed by atoms with van der Waals surface area (Å²) in [5.74, 6) is -0.0912. The van der Waals surface area contributed by atoms with Crippen molar-refractivity contribution in [3.05, 3.63) is 0 Å². The normalized spacial score (nSPS) is 21.9. The monoisotopic (exact) mass is 256 g/mol. The quantitative estimate of drug-likeness (QED) is 0.320. The fourth-order valence-corrected chi connectivity index (χ4v) is 2.35. The third-order valence-corrected chi connectivity index (χ3v) is 3.63. The highest BCUT2D eigenvalue weighted by Gasteiger charge is 2.36. The number of methoxy groups -OCH3 is 1. The molecule has 1 aliphatic rings. The van der Waals surface area contributed by atoms with E-state index in [1.54, 1.807) is 0 Å². The third kappa shape index (κ3) is 7.00. The van der Waals surface area contributed by atoms with Gasteiger partial charge in [0, 0.05) is 6.42 Å². The minimum atomic E-state index is -0.0912. The third-order valence-electron chi connectivity index (χ3n) is 3.63. The maximum Gasteiger partial charge on any atom is 0.305 e. The molecule has 2 atom stereocenters. The Hall–Kier alpha value is -0.570. The van der Waals surface area contributed by atoms with Gasteiger partial charge in [-0.05, 0) is 19.3 Å². The Kier molecular flexibility index (Phi) is 8.06. The van der Waals surface area contributed by atoms with Crippen LogP contribution in [0.3, 0.4) is 0 Å². The minimum absolute atomic E-state index is 0.0912. The van der Waals surface area contributed by atoms with Crippen LogP contribution in [0.15, 0.2) is 0 Å². The van der Waals surface area contributed by atoms with Crippen molar-refractivity contribution in [2.45, 2.75) is 83.3 Å². The van der Waals surface area contributed by atoms with Gasteiger partial charge in [0.1, 0.15) is 0 Å². The predicted molar refractivity (Wildman–Crippen MR) is 72.5 cm³/mol. The Morgan fingerprint density at radius 1 is 1.00 bits per heavy atom. The van der Waals surface area contributed by atoms with E-state index >= 15 is 0 Å². The van der Waals surface area contributed by atoms with Crippen LogP contribution in [0.1, 0.15) is 71.1 Å². The summed E-state index contributed by atoms with van der Waals surface area (Å²) in [7, 11) is 1.45. The van der Waals surface area contributed by atoms with Gasteiger partial charge in [0.2, 0.25) is 0 Å². The number of hydrogen-bond donors (Lipinski definition) is 0. The second-order valence-corrected chi connectivity index (χ2v) is 5.24. The molecule has 0 radical (unpaired) electrons. The lowest BCUT2D eigenvalue weighted by molar-refractivity contribution is -0.140. The summed E-state index contributed by atoms with van der Waals surface area (Å²) < 4.78 is 10.3. The first-order chi connectivity index (χ1) is 8.77. The molecule has 0 aliphatic carbocycles. The van der Waals surface area contributed by atoms with E-state index < -0.39 is 0 Å². The Bertz CT molecular complexity index is 228. The van der Waals surface area contributed by atoms with E-state index in [9.17, 15) is 4.79 Å². The lowest BCUT2D eigenvalue weighted by Crippen LogP contribution is -1.99. The summed E-state index contributed by atoms with van der Waals surface area (Å²) in [6, 6.07) is 0. The molecule has 1 aliphatic heterocycles. The maximum absolute atomic E-state index is 10.9. The molecule has 106 valence electrons. The molecule has 2 unspecified atom stereocenters. The van der Waals surface area contributed by atoms with Gasteiger partial charge in [-0.3, -0.25) is 4.79 Å². The van der Waals surface area contributed by atoms with Crippen LogP contribution in [0.4, 0.5) is 0 Å². The summed E-state index contributed by atoms with van der Waals surface area (Å²) in [4.78, 5) is 10.9. The van der Waals surface area contributed by atoms with Gasteiger partial charge in [-0.2, -0.15) is 0 Å². The molecule has 3 heteroatoms. The zero-order valence-electron chi connectivity index (χ0n) is 12.0. The van der Waals surface area contributed by atoms with Crippen molar-refractivity contribution in [3.63, 3.8) is 0 Å². The first kappa shape index (κ1) is 15.5. The summed E-state index contributed by atoms with van der Waals surface area (Å²) >= 11 is 0. The van der Waals surface area contributed by atoms with Crippen LogP contribution in [0, 0.1) is 0 Å². The molecule has 0 aromatic rings. The summed E-state index contributed by atoms with van der Waals surface area (Å²) in [6.45, 7) is 2.24. The number of rotatable bonds is 11. The van der Waals surface area contributed by atoms with Gasteiger partial charge in [-0.15, -0.1) is 0 Å². The lowest BCUT2D eigenvalue weighted by Gasteiger charge is -1.99. The second-order valence-electron chi connectivity index (χ2n) is 5.24. The molecule has 0 aromatic carbocycles. The standard InChI is InChI=1S/C15H28O3/c1-3-4-5-7-10-13-14(18-13)11-8-6-9-12-15(16)17-2/h13-14H,3-12H2,1-2H3. The highest BCUT2D eigenvalue weighted by molar-refractivity contribution is 5.68. The average molecular weight is 256 g/mol. The number of epoxide rings is 1. The average Bonchev–Trinajstić information content (AvgIpc) is 3.12. The van der Waals surface area contributed by atoms with E-state index in [4.69, 9.17) is 4.74 Å². The molecule has 0 saturated carbocycles. The number of carbonyl (C=O) groups excluding carboxylic acids is 1. The van der Waals surface area contributed by atoms with Crippen molar-refractivity contribution in [2.24, 2.45) is 0 Å². The van der Waals surface area contributed by atoms with Crippen molar-refractivity contribution in [3.8, 4) is 0 Å². The Morgan fingerprint density at radius 3 is 2.17 bits per heavy atom. The number of ether oxygens (including phenoxy) is 2. The van der Waals surface area contributed by atoms with E-state index in [-0.39, 0.29) is 5.97 Å². The Morgan fingerprint density at radius 2 is 1.61 bits per heavy atom. The first-order valence-corrected chi connectivity index (χ1v) is 7.50.